The van der Waals surface area contributed by atoms with Crippen molar-refractivity contribution < 1.29 is 9.59 Å². The van der Waals surface area contributed by atoms with Crippen LogP contribution in [0.1, 0.15) is 59.7 Å². The molecule has 0 radical (unpaired) electrons. The number of hydrogen-bond acceptors (Lipinski definition) is 4. The van der Waals surface area contributed by atoms with Crippen molar-refractivity contribution in [3.8, 4) is 0 Å². The van der Waals surface area contributed by atoms with E-state index in [9.17, 15) is 9.59 Å². The first kappa shape index (κ1) is 19.4. The Bertz CT molecular complexity index is 857. The summed E-state index contributed by atoms with van der Waals surface area (Å²) in [6.07, 6.45) is 6.97. The molecule has 1 saturated carbocycles. The van der Waals surface area contributed by atoms with Crippen LogP contribution in [0, 0.1) is 0 Å². The average molecular weight is 400 g/mol. The van der Waals surface area contributed by atoms with Crippen molar-refractivity contribution in [1.29, 1.82) is 0 Å². The largest absolute Gasteiger partial charge is 0.354 e. The molecule has 1 aromatic carbocycles. The third kappa shape index (κ3) is 4.08. The maximum atomic E-state index is 12.5. The molecule has 1 saturated heterocycles. The summed E-state index contributed by atoms with van der Waals surface area (Å²) in [5, 5.41) is 7.19. The van der Waals surface area contributed by atoms with Gasteiger partial charge in [-0.15, -0.1) is 11.3 Å². The van der Waals surface area contributed by atoms with Gasteiger partial charge >= 0.3 is 0 Å². The van der Waals surface area contributed by atoms with Crippen LogP contribution >= 0.6 is 11.3 Å². The van der Waals surface area contributed by atoms with E-state index in [-0.39, 0.29) is 11.8 Å². The standard InChI is InChI=1S/C22H29N3O2S/c1-23-22(27)21-20(17-9-5-6-10-18(17)28-21)15-11-12-25(13-15)14-19(26)24-16-7-3-2-4-8-16/h5-6,9-10,15-16H,2-4,7-8,11-14H2,1H3,(H,23,27)(H,24,26). The van der Waals surface area contributed by atoms with Crippen LogP contribution in [0.15, 0.2) is 24.3 Å². The molecule has 2 heterocycles. The van der Waals surface area contributed by atoms with Crippen molar-refractivity contribution in [2.45, 2.75) is 50.5 Å². The van der Waals surface area contributed by atoms with Crippen molar-refractivity contribution in [2.24, 2.45) is 0 Å². The van der Waals surface area contributed by atoms with Gasteiger partial charge < -0.3 is 10.6 Å². The van der Waals surface area contributed by atoms with E-state index >= 15 is 0 Å². The number of fused-ring (bicyclic) bond motifs is 1. The molecule has 1 aliphatic carbocycles. The lowest BCUT2D eigenvalue weighted by Gasteiger charge is -2.24. The lowest BCUT2D eigenvalue weighted by molar-refractivity contribution is -0.122. The number of nitrogens with zero attached hydrogens (tertiary/aromatic N) is 1. The highest BCUT2D eigenvalue weighted by atomic mass is 32.1. The SMILES string of the molecule is CNC(=O)c1sc2ccccc2c1C1CCN(CC(=O)NC2CCCCC2)C1. The second kappa shape index (κ2) is 8.62. The van der Waals surface area contributed by atoms with E-state index in [1.165, 1.54) is 24.6 Å². The van der Waals surface area contributed by atoms with Crippen LogP contribution in [0.4, 0.5) is 0 Å². The highest BCUT2D eigenvalue weighted by Gasteiger charge is 2.31. The number of benzene rings is 1. The first-order valence-electron chi connectivity index (χ1n) is 10.4. The Hall–Kier alpha value is -1.92. The second-order valence-electron chi connectivity index (χ2n) is 8.04. The zero-order chi connectivity index (χ0) is 19.5. The minimum atomic E-state index is -0.00954. The zero-order valence-electron chi connectivity index (χ0n) is 16.5. The van der Waals surface area contributed by atoms with Crippen LogP contribution in [-0.4, -0.2) is 49.4 Å². The van der Waals surface area contributed by atoms with Crippen LogP contribution < -0.4 is 10.6 Å². The fourth-order valence-electron chi connectivity index (χ4n) is 4.69. The number of carbonyl (C=O) groups excluding carboxylic acids is 2. The van der Waals surface area contributed by atoms with Gasteiger partial charge in [0.1, 0.15) is 0 Å². The molecule has 0 spiro atoms. The summed E-state index contributed by atoms with van der Waals surface area (Å²) < 4.78 is 1.16. The highest BCUT2D eigenvalue weighted by Crippen LogP contribution is 2.40. The minimum Gasteiger partial charge on any atom is -0.354 e. The maximum Gasteiger partial charge on any atom is 0.261 e. The summed E-state index contributed by atoms with van der Waals surface area (Å²) in [5.41, 5.74) is 1.16. The summed E-state index contributed by atoms with van der Waals surface area (Å²) in [4.78, 5) is 28.0. The molecule has 5 nitrogen and oxygen atoms in total. The number of hydrogen-bond donors (Lipinski definition) is 2. The van der Waals surface area contributed by atoms with Crippen LogP contribution in [-0.2, 0) is 4.79 Å². The van der Waals surface area contributed by atoms with Gasteiger partial charge in [0.05, 0.1) is 11.4 Å². The van der Waals surface area contributed by atoms with Crippen LogP contribution in [0.2, 0.25) is 0 Å². The molecule has 1 unspecified atom stereocenters. The number of amides is 2. The fraction of sp³-hybridized carbons (Fsp3) is 0.545. The molecule has 2 N–H and O–H groups in total. The van der Waals surface area contributed by atoms with Gasteiger partial charge in [-0.2, -0.15) is 0 Å². The Morgan fingerprint density at radius 1 is 1.14 bits per heavy atom. The molecule has 4 rings (SSSR count). The molecule has 2 amide bonds. The first-order chi connectivity index (χ1) is 13.7. The summed E-state index contributed by atoms with van der Waals surface area (Å²) in [6, 6.07) is 8.62. The summed E-state index contributed by atoms with van der Waals surface area (Å²) in [7, 11) is 1.69. The van der Waals surface area contributed by atoms with E-state index in [2.05, 4.69) is 27.7 Å². The summed E-state index contributed by atoms with van der Waals surface area (Å²) >= 11 is 1.57. The average Bonchev–Trinajstić information content (AvgIpc) is 3.32. The molecule has 150 valence electrons. The Labute approximate surface area is 170 Å². The molecule has 2 aliphatic rings. The lowest BCUT2D eigenvalue weighted by atomic mass is 9.95. The van der Waals surface area contributed by atoms with E-state index in [4.69, 9.17) is 0 Å². The first-order valence-corrected chi connectivity index (χ1v) is 11.2. The number of likely N-dealkylation sites (tertiary alicyclic amines) is 1. The molecular weight excluding hydrogens is 370 g/mol. The van der Waals surface area contributed by atoms with Crippen molar-refractivity contribution in [3.63, 3.8) is 0 Å². The molecule has 1 aliphatic heterocycles. The zero-order valence-corrected chi connectivity index (χ0v) is 17.3. The van der Waals surface area contributed by atoms with Crippen LogP contribution in [0.3, 0.4) is 0 Å². The topological polar surface area (TPSA) is 61.4 Å². The number of nitrogens with one attached hydrogen (secondary N) is 2. The maximum absolute atomic E-state index is 12.5. The fourth-order valence-corrected chi connectivity index (χ4v) is 5.92. The smallest absolute Gasteiger partial charge is 0.261 e. The minimum absolute atomic E-state index is 0.00954. The molecule has 2 aromatic rings. The number of rotatable bonds is 5. The van der Waals surface area contributed by atoms with E-state index in [1.54, 1.807) is 18.4 Å². The van der Waals surface area contributed by atoms with Gasteiger partial charge in [-0.1, -0.05) is 37.5 Å². The van der Waals surface area contributed by atoms with E-state index in [1.807, 2.05) is 12.1 Å². The van der Waals surface area contributed by atoms with Gasteiger partial charge in [0, 0.05) is 30.3 Å². The molecule has 6 heteroatoms. The predicted molar refractivity (Wildman–Crippen MR) is 114 cm³/mol. The monoisotopic (exact) mass is 399 g/mol. The van der Waals surface area contributed by atoms with E-state index < -0.39 is 0 Å². The predicted octanol–water partition coefficient (Wildman–Crippen LogP) is 3.50. The van der Waals surface area contributed by atoms with Gasteiger partial charge in [-0.3, -0.25) is 14.5 Å². The van der Waals surface area contributed by atoms with Crippen molar-refractivity contribution in [2.75, 3.05) is 26.7 Å². The molecule has 28 heavy (non-hydrogen) atoms. The summed E-state index contributed by atoms with van der Waals surface area (Å²) in [5.74, 6) is 0.435. The molecule has 2 fully saturated rings. The quantitative estimate of drug-likeness (QED) is 0.809. The van der Waals surface area contributed by atoms with Crippen molar-refractivity contribution >= 4 is 33.2 Å². The van der Waals surface area contributed by atoms with Gasteiger partial charge in [-0.25, -0.2) is 0 Å². The van der Waals surface area contributed by atoms with Gasteiger partial charge in [0.2, 0.25) is 5.91 Å². The third-order valence-electron chi connectivity index (χ3n) is 6.09. The highest BCUT2D eigenvalue weighted by molar-refractivity contribution is 7.21. The van der Waals surface area contributed by atoms with Crippen molar-refractivity contribution in [1.82, 2.24) is 15.5 Å². The number of carbonyl (C=O) groups is 2. The normalized spacial score (nSPS) is 21.1. The van der Waals surface area contributed by atoms with Gasteiger partial charge in [-0.05, 0) is 42.8 Å². The molecule has 1 aromatic heterocycles. The molecule has 0 bridgehead atoms. The molecule has 1 atom stereocenters. The van der Waals surface area contributed by atoms with Crippen LogP contribution in [0.5, 0.6) is 0 Å². The van der Waals surface area contributed by atoms with Crippen molar-refractivity contribution in [3.05, 3.63) is 34.7 Å². The Morgan fingerprint density at radius 3 is 2.71 bits per heavy atom. The van der Waals surface area contributed by atoms with Crippen LogP contribution in [0.25, 0.3) is 10.1 Å². The number of thiophene rings is 1. The Balaban J connectivity index is 1.45. The Morgan fingerprint density at radius 2 is 1.93 bits per heavy atom. The second-order valence-corrected chi connectivity index (χ2v) is 9.10. The van der Waals surface area contributed by atoms with E-state index in [0.29, 0.717) is 18.5 Å². The molecular formula is C22H29N3O2S. The van der Waals surface area contributed by atoms with E-state index in [0.717, 1.165) is 47.5 Å². The summed E-state index contributed by atoms with van der Waals surface area (Å²) in [6.45, 7) is 2.20. The van der Waals surface area contributed by atoms with Gasteiger partial charge in [0.25, 0.3) is 5.91 Å². The third-order valence-corrected chi connectivity index (χ3v) is 7.27. The Kier molecular flexibility index (Phi) is 5.97. The van der Waals surface area contributed by atoms with Gasteiger partial charge in [0.15, 0.2) is 0 Å². The lowest BCUT2D eigenvalue weighted by Crippen LogP contribution is -2.42.